The molecule has 3 N–H and O–H groups in total. The Balaban J connectivity index is 1.70. The molecular formula is C27H28F4N2O3. The van der Waals surface area contributed by atoms with Gasteiger partial charge in [-0.3, -0.25) is 14.4 Å². The van der Waals surface area contributed by atoms with Gasteiger partial charge in [-0.15, -0.1) is 0 Å². The number of nitrogens with two attached hydrogens (primary N) is 1. The van der Waals surface area contributed by atoms with Gasteiger partial charge in [0.05, 0.1) is 0 Å². The third kappa shape index (κ3) is 5.77. The van der Waals surface area contributed by atoms with Crippen molar-refractivity contribution >= 4 is 17.6 Å². The van der Waals surface area contributed by atoms with Gasteiger partial charge in [-0.1, -0.05) is 37.1 Å². The molecule has 36 heavy (non-hydrogen) atoms. The van der Waals surface area contributed by atoms with Crippen LogP contribution in [-0.2, 0) is 20.8 Å². The lowest BCUT2D eigenvalue weighted by atomic mass is 9.82. The smallest absolute Gasteiger partial charge is 0.369 e. The molecule has 0 spiro atoms. The van der Waals surface area contributed by atoms with Crippen LogP contribution < -0.4 is 11.1 Å². The minimum atomic E-state index is -4.53. The number of nitrogens with one attached hydrogen (secondary N) is 1. The summed E-state index contributed by atoms with van der Waals surface area (Å²) in [4.78, 5) is 39.0. The van der Waals surface area contributed by atoms with Gasteiger partial charge in [0, 0.05) is 24.7 Å². The maximum atomic E-state index is 14.3. The molecule has 1 fully saturated rings. The van der Waals surface area contributed by atoms with Crippen molar-refractivity contribution in [1.29, 1.82) is 0 Å². The molecule has 0 heterocycles. The third-order valence-electron chi connectivity index (χ3n) is 7.20. The molecule has 5 nitrogen and oxygen atoms in total. The minimum absolute atomic E-state index is 0.0439. The highest BCUT2D eigenvalue weighted by Crippen LogP contribution is 2.41. The van der Waals surface area contributed by atoms with Crippen LogP contribution in [0, 0.1) is 30.5 Å². The first-order valence-corrected chi connectivity index (χ1v) is 12.0. The maximum absolute atomic E-state index is 14.3. The summed E-state index contributed by atoms with van der Waals surface area (Å²) in [5.41, 5.74) is 8.64. The van der Waals surface area contributed by atoms with E-state index in [1.54, 1.807) is 6.07 Å². The van der Waals surface area contributed by atoms with Gasteiger partial charge < -0.3 is 11.1 Å². The van der Waals surface area contributed by atoms with Gasteiger partial charge in [0.2, 0.25) is 11.8 Å². The first-order chi connectivity index (χ1) is 16.9. The number of hydrogen-bond donors (Lipinski definition) is 2. The zero-order chi connectivity index (χ0) is 26.2. The number of fused-ring (bicyclic) bond motifs is 3. The summed E-state index contributed by atoms with van der Waals surface area (Å²) in [5.74, 6) is -5.06. The monoisotopic (exact) mass is 504 g/mol. The molecule has 2 amide bonds. The molecule has 2 aliphatic carbocycles. The second-order valence-electron chi connectivity index (χ2n) is 9.87. The van der Waals surface area contributed by atoms with E-state index in [1.807, 2.05) is 19.1 Å². The lowest BCUT2D eigenvalue weighted by Crippen LogP contribution is -2.44. The molecule has 0 aromatic heterocycles. The highest BCUT2D eigenvalue weighted by molar-refractivity contribution is 5.98. The van der Waals surface area contributed by atoms with E-state index in [2.05, 4.69) is 5.32 Å². The molecule has 1 saturated carbocycles. The average molecular weight is 505 g/mol. The van der Waals surface area contributed by atoms with Crippen molar-refractivity contribution in [3.8, 4) is 11.1 Å². The Morgan fingerprint density at radius 3 is 2.47 bits per heavy atom. The fourth-order valence-electron chi connectivity index (χ4n) is 5.09. The molecule has 2 aromatic rings. The number of halogens is 4. The summed E-state index contributed by atoms with van der Waals surface area (Å²) >= 11 is 0. The quantitative estimate of drug-likeness (QED) is 0.499. The fraction of sp³-hybridized carbons (Fsp3) is 0.444. The Labute approximate surface area is 206 Å². The normalized spacial score (nSPS) is 19.0. The molecule has 4 rings (SSSR count). The van der Waals surface area contributed by atoms with Crippen molar-refractivity contribution in [2.45, 2.75) is 57.7 Å². The lowest BCUT2D eigenvalue weighted by Gasteiger charge is -2.27. The predicted octanol–water partition coefficient (Wildman–Crippen LogP) is 4.94. The van der Waals surface area contributed by atoms with Crippen molar-refractivity contribution in [3.05, 3.63) is 58.9 Å². The van der Waals surface area contributed by atoms with Gasteiger partial charge >= 0.3 is 6.18 Å². The van der Waals surface area contributed by atoms with E-state index in [1.165, 1.54) is 12.1 Å². The fourth-order valence-corrected chi connectivity index (χ4v) is 5.09. The first-order valence-electron chi connectivity index (χ1n) is 12.0. The van der Waals surface area contributed by atoms with Gasteiger partial charge in [0.1, 0.15) is 11.9 Å². The van der Waals surface area contributed by atoms with E-state index < -0.39 is 60.3 Å². The third-order valence-corrected chi connectivity index (χ3v) is 7.20. The maximum Gasteiger partial charge on any atom is 0.389 e. The molecular weight excluding hydrogens is 476 g/mol. The van der Waals surface area contributed by atoms with Crippen LogP contribution in [0.4, 0.5) is 17.6 Å². The molecule has 2 aliphatic rings. The Morgan fingerprint density at radius 2 is 1.83 bits per heavy atom. The number of carbonyl (C=O) groups excluding carboxylic acids is 3. The van der Waals surface area contributed by atoms with Gasteiger partial charge in [-0.25, -0.2) is 4.39 Å². The van der Waals surface area contributed by atoms with Crippen LogP contribution in [-0.4, -0.2) is 23.8 Å². The van der Waals surface area contributed by atoms with Crippen molar-refractivity contribution in [2.75, 3.05) is 0 Å². The Kier molecular flexibility index (Phi) is 7.20. The Morgan fingerprint density at radius 1 is 1.11 bits per heavy atom. The number of aryl methyl sites for hydroxylation is 1. The lowest BCUT2D eigenvalue weighted by molar-refractivity contribution is -0.147. The summed E-state index contributed by atoms with van der Waals surface area (Å²) < 4.78 is 53.5. The van der Waals surface area contributed by atoms with Gasteiger partial charge in [-0.05, 0) is 65.6 Å². The summed E-state index contributed by atoms with van der Waals surface area (Å²) in [6.07, 6.45) is -4.61. The van der Waals surface area contributed by atoms with Crippen LogP contribution in [0.25, 0.3) is 11.1 Å². The summed E-state index contributed by atoms with van der Waals surface area (Å²) in [7, 11) is 0. The number of rotatable bonds is 8. The topological polar surface area (TPSA) is 89.3 Å². The molecule has 0 saturated heterocycles. The van der Waals surface area contributed by atoms with E-state index in [0.717, 1.165) is 35.6 Å². The van der Waals surface area contributed by atoms with Crippen LogP contribution in [0.3, 0.4) is 0 Å². The Bertz CT molecular complexity index is 1190. The van der Waals surface area contributed by atoms with E-state index in [0.29, 0.717) is 5.56 Å². The number of hydrogen-bond acceptors (Lipinski definition) is 3. The SMILES string of the molecule is Cc1cccc2c1CC(=O)[C@@H](NC(=O)[C@H](CCC(F)(F)F)[C@H](CC1CC1)C(N)=O)c1cc(F)ccc1-2. The van der Waals surface area contributed by atoms with Crippen molar-refractivity contribution < 1.29 is 31.9 Å². The molecule has 0 unspecified atom stereocenters. The van der Waals surface area contributed by atoms with Gasteiger partial charge in [0.25, 0.3) is 0 Å². The van der Waals surface area contributed by atoms with E-state index in [9.17, 15) is 31.9 Å². The molecule has 2 aromatic carbocycles. The molecule has 0 aliphatic heterocycles. The Hall–Kier alpha value is -3.23. The molecule has 0 bridgehead atoms. The standard InChI is InChI=1S/C27H28F4N2O3/c1-14-3-2-4-17-18-8-7-16(28)12-21(18)24(23(34)13-20(14)17)33-26(36)19(9-10-27(29,30)31)22(25(32)35)11-15-5-6-15/h2-4,7-8,12,15,19,22,24H,5-6,9-11,13H2,1H3,(H2,32,35)(H,33,36)/t19-,22+,24+/m1/s1. The number of alkyl halides is 3. The van der Waals surface area contributed by atoms with E-state index in [4.69, 9.17) is 5.73 Å². The average Bonchev–Trinajstić information content (AvgIpc) is 3.62. The van der Waals surface area contributed by atoms with Gasteiger partial charge in [-0.2, -0.15) is 13.2 Å². The minimum Gasteiger partial charge on any atom is -0.369 e. The zero-order valence-corrected chi connectivity index (χ0v) is 19.8. The van der Waals surface area contributed by atoms with Crippen LogP contribution in [0.1, 0.15) is 54.8 Å². The van der Waals surface area contributed by atoms with Crippen LogP contribution in [0.5, 0.6) is 0 Å². The van der Waals surface area contributed by atoms with Crippen molar-refractivity contribution in [2.24, 2.45) is 23.5 Å². The first kappa shape index (κ1) is 25.9. The highest BCUT2D eigenvalue weighted by Gasteiger charge is 2.41. The number of benzene rings is 2. The number of ketones is 1. The van der Waals surface area contributed by atoms with E-state index in [-0.39, 0.29) is 24.3 Å². The van der Waals surface area contributed by atoms with Crippen LogP contribution in [0.15, 0.2) is 36.4 Å². The summed E-state index contributed by atoms with van der Waals surface area (Å²) in [6.45, 7) is 1.84. The second-order valence-corrected chi connectivity index (χ2v) is 9.87. The number of Topliss-reactive ketones (excluding diaryl/α,β-unsaturated/α-hetero) is 1. The van der Waals surface area contributed by atoms with Crippen molar-refractivity contribution in [3.63, 3.8) is 0 Å². The summed E-state index contributed by atoms with van der Waals surface area (Å²) in [6, 6.07) is 8.13. The van der Waals surface area contributed by atoms with Crippen molar-refractivity contribution in [1.82, 2.24) is 5.32 Å². The number of amides is 2. The molecule has 0 radical (unpaired) electrons. The number of primary amides is 1. The molecule has 9 heteroatoms. The summed E-state index contributed by atoms with van der Waals surface area (Å²) in [5, 5.41) is 2.58. The van der Waals surface area contributed by atoms with Crippen LogP contribution >= 0.6 is 0 Å². The molecule has 3 atom stereocenters. The van der Waals surface area contributed by atoms with E-state index >= 15 is 0 Å². The second kappa shape index (κ2) is 10.0. The molecule has 192 valence electrons. The number of carbonyl (C=O) groups is 3. The highest BCUT2D eigenvalue weighted by atomic mass is 19.4. The zero-order valence-electron chi connectivity index (χ0n) is 19.8. The van der Waals surface area contributed by atoms with Gasteiger partial charge in [0.15, 0.2) is 5.78 Å². The largest absolute Gasteiger partial charge is 0.389 e. The van der Waals surface area contributed by atoms with Crippen LogP contribution in [0.2, 0.25) is 0 Å². The predicted molar refractivity (Wildman–Crippen MR) is 125 cm³/mol.